The molecule has 0 aliphatic heterocycles. The fourth-order valence-electron chi connectivity index (χ4n) is 0. The molecule has 0 heterocycles. The van der Waals surface area contributed by atoms with Gasteiger partial charge < -0.3 is 34.3 Å². The Bertz CT molecular complexity index is 55.4. The van der Waals surface area contributed by atoms with Crippen LogP contribution in [-0.2, 0) is 0 Å². The van der Waals surface area contributed by atoms with Crippen LogP contribution in [0.25, 0.3) is 0 Å². The Morgan fingerprint density at radius 2 is 0.750 bits per heavy atom. The average molecular weight is 224 g/mol. The summed E-state index contributed by atoms with van der Waals surface area (Å²) in [5.74, 6) is 0. The summed E-state index contributed by atoms with van der Waals surface area (Å²) in [6, 6.07) is 0. The van der Waals surface area contributed by atoms with Gasteiger partial charge in [0.2, 0.25) is 0 Å². The van der Waals surface area contributed by atoms with Crippen LogP contribution in [0.4, 0.5) is 0 Å². The van der Waals surface area contributed by atoms with E-state index in [-0.39, 0.29) is 88.7 Å². The zero-order chi connectivity index (χ0) is 8.08. The average Bonchev–Trinajstić information content (AvgIpc) is 1.19. The molecule has 0 aromatic heterocycles. The number of rotatable bonds is 0. The molecule has 4 N–H and O–H groups in total. The first kappa shape index (κ1) is 29.4. The molecule has 0 atom stereocenters. The Morgan fingerprint density at radius 3 is 0.750 bits per heavy atom. The monoisotopic (exact) mass is 224 g/mol. The van der Waals surface area contributed by atoms with Gasteiger partial charge in [0.25, 0.3) is 0 Å². The predicted molar refractivity (Wildman–Crippen MR) is 20.4 cm³/mol. The molecule has 7 nitrogen and oxygen atoms in total. The fraction of sp³-hybridized carbons (Fsp3) is 0. The van der Waals surface area contributed by atoms with Gasteiger partial charge in [0, 0.05) is 0 Å². The van der Waals surface area contributed by atoms with Crippen LogP contribution in [0.5, 0.6) is 0 Å². The standard InChI is InChI=1S/BO3.3Na.H4O4Si/c2-1(3)4;;;;1-5(2,3)4/h;;;;1-4H/q-3;3*+1;. The fourth-order valence-corrected chi connectivity index (χ4v) is 0. The van der Waals surface area contributed by atoms with Gasteiger partial charge in [-0.1, -0.05) is 0 Å². The van der Waals surface area contributed by atoms with E-state index in [9.17, 15) is 0 Å². The molecule has 0 aliphatic rings. The SMILES string of the molecule is O[Si](O)(O)O.[Na+].[Na+].[Na+].[O-]B([O-])[O-]. The second-order valence-corrected chi connectivity index (χ2v) is 2.09. The molecule has 56 valence electrons. The van der Waals surface area contributed by atoms with Gasteiger partial charge in [-0.05, 0) is 0 Å². The summed E-state index contributed by atoms with van der Waals surface area (Å²) in [5.41, 5.74) is 0. The van der Waals surface area contributed by atoms with E-state index in [1.165, 1.54) is 0 Å². The summed E-state index contributed by atoms with van der Waals surface area (Å²) in [6.07, 6.45) is 0. The number of hydrogen-bond donors (Lipinski definition) is 4. The Balaban J connectivity index is -0.0000000221. The summed E-state index contributed by atoms with van der Waals surface area (Å²) in [5, 5.41) is 25.2. The molecule has 0 radical (unpaired) electrons. The van der Waals surface area contributed by atoms with Crippen LogP contribution < -0.4 is 104 Å². The molecule has 0 aromatic carbocycles. The smallest absolute Gasteiger partial charge is 0.907 e. The Morgan fingerprint density at radius 1 is 0.750 bits per heavy atom. The van der Waals surface area contributed by atoms with E-state index in [0.29, 0.717) is 0 Å². The quantitative estimate of drug-likeness (QED) is 0.298. The topological polar surface area (TPSA) is 150 Å². The minimum atomic E-state index is -4.61. The van der Waals surface area contributed by atoms with E-state index in [1.807, 2.05) is 0 Å². The molecule has 0 spiro atoms. The van der Waals surface area contributed by atoms with Crippen molar-refractivity contribution in [3.8, 4) is 0 Å². The molecule has 12 heavy (non-hydrogen) atoms. The zero-order valence-electron chi connectivity index (χ0n) is 7.09. The van der Waals surface area contributed by atoms with Crippen LogP contribution in [-0.4, -0.2) is 35.6 Å². The van der Waals surface area contributed by atoms with Gasteiger partial charge in [0.1, 0.15) is 0 Å². The number of hydrogen-bond acceptors (Lipinski definition) is 7. The van der Waals surface area contributed by atoms with E-state index in [0.717, 1.165) is 0 Å². The van der Waals surface area contributed by atoms with Gasteiger partial charge >= 0.3 is 97.7 Å². The van der Waals surface area contributed by atoms with Gasteiger partial charge in [0.05, 0.1) is 0 Å². The zero-order valence-corrected chi connectivity index (χ0v) is 14.1. The van der Waals surface area contributed by atoms with Crippen LogP contribution in [0.2, 0.25) is 0 Å². The molecular formula is H4BNa3O7Si. The Hall–Kier alpha value is 3.00. The molecule has 0 aliphatic carbocycles. The second kappa shape index (κ2) is 16.4. The van der Waals surface area contributed by atoms with Gasteiger partial charge in [-0.25, -0.2) is 0 Å². The van der Waals surface area contributed by atoms with E-state index in [4.69, 9.17) is 34.3 Å². The third-order valence-electron chi connectivity index (χ3n) is 0. The maximum Gasteiger partial charge on any atom is 1.00 e. The predicted octanol–water partition coefficient (Wildman–Crippen LogP) is -15.5. The second-order valence-electron chi connectivity index (χ2n) is 0.889. The van der Waals surface area contributed by atoms with Crippen LogP contribution in [0.3, 0.4) is 0 Å². The minimum Gasteiger partial charge on any atom is -0.907 e. The van der Waals surface area contributed by atoms with Crippen LogP contribution in [0.1, 0.15) is 0 Å². The van der Waals surface area contributed by atoms with E-state index in [1.54, 1.807) is 0 Å². The molecule has 0 fully saturated rings. The van der Waals surface area contributed by atoms with Crippen molar-refractivity contribution in [3.05, 3.63) is 0 Å². The van der Waals surface area contributed by atoms with Gasteiger partial charge in [-0.3, -0.25) is 7.32 Å². The Labute approximate surface area is 137 Å². The van der Waals surface area contributed by atoms with Crippen molar-refractivity contribution >= 4 is 16.4 Å². The molecule has 0 saturated carbocycles. The molecular weight excluding hydrogens is 220 g/mol. The summed E-state index contributed by atoms with van der Waals surface area (Å²) < 4.78 is 0. The van der Waals surface area contributed by atoms with E-state index in [2.05, 4.69) is 0 Å². The normalized spacial score (nSPS) is 7.25. The van der Waals surface area contributed by atoms with Crippen molar-refractivity contribution in [1.82, 2.24) is 0 Å². The summed E-state index contributed by atoms with van der Waals surface area (Å²) >= 11 is 0. The third-order valence-corrected chi connectivity index (χ3v) is 0. The molecule has 0 amide bonds. The maximum atomic E-state index is 8.42. The first-order valence-electron chi connectivity index (χ1n) is 1.60. The molecule has 0 saturated heterocycles. The third kappa shape index (κ3) is 208. The van der Waals surface area contributed by atoms with Crippen molar-refractivity contribution in [2.75, 3.05) is 0 Å². The Kier molecular flexibility index (Phi) is 40.3. The molecule has 0 bridgehead atoms. The van der Waals surface area contributed by atoms with Gasteiger partial charge in [-0.2, -0.15) is 0 Å². The van der Waals surface area contributed by atoms with Gasteiger partial charge in [0.15, 0.2) is 0 Å². The van der Waals surface area contributed by atoms with Crippen molar-refractivity contribution in [2.24, 2.45) is 0 Å². The van der Waals surface area contributed by atoms with Crippen molar-refractivity contribution in [1.29, 1.82) is 0 Å². The molecule has 0 rings (SSSR count). The summed E-state index contributed by atoms with van der Waals surface area (Å²) in [6.45, 7) is 0. The first-order chi connectivity index (χ1) is 3.73. The summed E-state index contributed by atoms with van der Waals surface area (Å²) in [7, 11) is -7.53. The maximum absolute atomic E-state index is 8.42. The van der Waals surface area contributed by atoms with Crippen molar-refractivity contribution in [3.63, 3.8) is 0 Å². The molecule has 0 unspecified atom stereocenters. The summed E-state index contributed by atoms with van der Waals surface area (Å²) in [4.78, 5) is 29.3. The first-order valence-corrected chi connectivity index (χ1v) is 3.39. The van der Waals surface area contributed by atoms with Crippen LogP contribution in [0.15, 0.2) is 0 Å². The molecule has 0 aromatic rings. The minimum absolute atomic E-state index is 0. The van der Waals surface area contributed by atoms with E-state index >= 15 is 0 Å². The van der Waals surface area contributed by atoms with E-state index < -0.39 is 16.4 Å². The van der Waals surface area contributed by atoms with Crippen molar-refractivity contribution in [2.45, 2.75) is 0 Å². The van der Waals surface area contributed by atoms with Gasteiger partial charge in [-0.15, -0.1) is 0 Å². The van der Waals surface area contributed by atoms with Crippen LogP contribution in [0, 0.1) is 0 Å². The van der Waals surface area contributed by atoms with Crippen molar-refractivity contribution < 1.29 is 123 Å². The largest absolute Gasteiger partial charge is 1.00 e. The molecule has 12 heteroatoms. The van der Waals surface area contributed by atoms with Crippen LogP contribution >= 0.6 is 0 Å².